The fourth-order valence-electron chi connectivity index (χ4n) is 2.58. The van der Waals surface area contributed by atoms with Gasteiger partial charge in [0.15, 0.2) is 0 Å². The second kappa shape index (κ2) is 7.23. The molecule has 0 saturated carbocycles. The molecule has 0 radical (unpaired) electrons. The van der Waals surface area contributed by atoms with E-state index in [1.54, 1.807) is 6.92 Å². The van der Waals surface area contributed by atoms with E-state index in [-0.39, 0.29) is 17.4 Å². The van der Waals surface area contributed by atoms with Crippen molar-refractivity contribution in [2.75, 3.05) is 6.54 Å². The molecule has 1 amide bonds. The Bertz CT molecular complexity index is 663. The standard InChI is InChI=1S/C18H24N2O2S/c1-12(21)10-18(3,4)11-19-16(22)15-13(2)20-17(23-15)14-8-6-5-7-9-14/h5-9,12,21H,10-11H2,1-4H3,(H,19,22). The van der Waals surface area contributed by atoms with Crippen molar-refractivity contribution in [1.29, 1.82) is 0 Å². The lowest BCUT2D eigenvalue weighted by molar-refractivity contribution is 0.0905. The molecule has 0 spiro atoms. The van der Waals surface area contributed by atoms with Crippen LogP contribution < -0.4 is 5.32 Å². The zero-order chi connectivity index (χ0) is 17.0. The zero-order valence-electron chi connectivity index (χ0n) is 14.1. The van der Waals surface area contributed by atoms with E-state index in [0.29, 0.717) is 17.8 Å². The molecule has 0 saturated heterocycles. The molecule has 0 aliphatic carbocycles. The Morgan fingerprint density at radius 3 is 2.61 bits per heavy atom. The molecule has 1 heterocycles. The van der Waals surface area contributed by atoms with Crippen LogP contribution in [-0.4, -0.2) is 28.6 Å². The number of benzene rings is 1. The van der Waals surface area contributed by atoms with Crippen LogP contribution in [0.5, 0.6) is 0 Å². The average Bonchev–Trinajstić information content (AvgIpc) is 2.87. The van der Waals surface area contributed by atoms with E-state index in [2.05, 4.69) is 10.3 Å². The van der Waals surface area contributed by atoms with Gasteiger partial charge in [-0.25, -0.2) is 4.98 Å². The number of carbonyl (C=O) groups is 1. The lowest BCUT2D eigenvalue weighted by atomic mass is 9.87. The van der Waals surface area contributed by atoms with Crippen LogP contribution in [0.25, 0.3) is 10.6 Å². The molecule has 0 bridgehead atoms. The molecule has 2 aromatic rings. The van der Waals surface area contributed by atoms with Gasteiger partial charge in [-0.05, 0) is 25.7 Å². The molecule has 0 aliphatic heterocycles. The molecule has 1 unspecified atom stereocenters. The van der Waals surface area contributed by atoms with Crippen LogP contribution in [0.4, 0.5) is 0 Å². The molecule has 0 fully saturated rings. The minimum Gasteiger partial charge on any atom is -0.393 e. The first-order valence-electron chi connectivity index (χ1n) is 7.77. The normalized spacial score (nSPS) is 12.9. The molecule has 23 heavy (non-hydrogen) atoms. The number of aryl methyl sites for hydroxylation is 1. The van der Waals surface area contributed by atoms with Gasteiger partial charge in [-0.2, -0.15) is 0 Å². The van der Waals surface area contributed by atoms with E-state index in [4.69, 9.17) is 0 Å². The number of aliphatic hydroxyl groups excluding tert-OH is 1. The third-order valence-electron chi connectivity index (χ3n) is 3.60. The maximum absolute atomic E-state index is 12.4. The number of hydrogen-bond acceptors (Lipinski definition) is 4. The number of nitrogens with one attached hydrogen (secondary N) is 1. The Kier molecular flexibility index (Phi) is 5.55. The van der Waals surface area contributed by atoms with Crippen molar-refractivity contribution in [1.82, 2.24) is 10.3 Å². The second-order valence-electron chi connectivity index (χ2n) is 6.70. The third kappa shape index (κ3) is 4.88. The Morgan fingerprint density at radius 1 is 1.35 bits per heavy atom. The minimum atomic E-state index is -0.378. The highest BCUT2D eigenvalue weighted by Crippen LogP contribution is 2.28. The number of thiazole rings is 1. The Morgan fingerprint density at radius 2 is 2.00 bits per heavy atom. The van der Waals surface area contributed by atoms with E-state index in [9.17, 15) is 9.90 Å². The quantitative estimate of drug-likeness (QED) is 0.849. The predicted octanol–water partition coefficient (Wildman–Crippen LogP) is 3.65. The summed E-state index contributed by atoms with van der Waals surface area (Å²) in [6.45, 7) is 8.22. The van der Waals surface area contributed by atoms with Gasteiger partial charge in [0, 0.05) is 12.1 Å². The van der Waals surface area contributed by atoms with Gasteiger partial charge >= 0.3 is 0 Å². The highest BCUT2D eigenvalue weighted by atomic mass is 32.1. The number of aliphatic hydroxyl groups is 1. The van der Waals surface area contributed by atoms with Gasteiger partial charge in [-0.1, -0.05) is 44.2 Å². The lowest BCUT2D eigenvalue weighted by Gasteiger charge is -2.26. The van der Waals surface area contributed by atoms with Crippen LogP contribution in [-0.2, 0) is 0 Å². The van der Waals surface area contributed by atoms with Gasteiger partial charge in [-0.15, -0.1) is 11.3 Å². The number of rotatable bonds is 6. The first kappa shape index (κ1) is 17.6. The molecular formula is C18H24N2O2S. The van der Waals surface area contributed by atoms with Crippen molar-refractivity contribution in [3.05, 3.63) is 40.9 Å². The van der Waals surface area contributed by atoms with Crippen LogP contribution in [0.3, 0.4) is 0 Å². The molecule has 5 heteroatoms. The van der Waals surface area contributed by atoms with Crippen molar-refractivity contribution >= 4 is 17.2 Å². The van der Waals surface area contributed by atoms with Crippen molar-refractivity contribution < 1.29 is 9.90 Å². The first-order chi connectivity index (χ1) is 10.8. The summed E-state index contributed by atoms with van der Waals surface area (Å²) >= 11 is 1.41. The molecule has 2 rings (SSSR count). The highest BCUT2D eigenvalue weighted by molar-refractivity contribution is 7.17. The van der Waals surface area contributed by atoms with Gasteiger partial charge in [0.1, 0.15) is 9.88 Å². The summed E-state index contributed by atoms with van der Waals surface area (Å²) in [6.07, 6.45) is 0.265. The molecule has 1 aromatic carbocycles. The second-order valence-corrected chi connectivity index (χ2v) is 7.70. The monoisotopic (exact) mass is 332 g/mol. The summed E-state index contributed by atoms with van der Waals surface area (Å²) in [5.41, 5.74) is 1.62. The van der Waals surface area contributed by atoms with Crippen LogP contribution in [0.2, 0.25) is 0 Å². The highest BCUT2D eigenvalue weighted by Gasteiger charge is 2.23. The molecule has 2 N–H and O–H groups in total. The Balaban J connectivity index is 2.07. The summed E-state index contributed by atoms with van der Waals surface area (Å²) in [4.78, 5) is 17.6. The van der Waals surface area contributed by atoms with Gasteiger partial charge in [-0.3, -0.25) is 4.79 Å². The van der Waals surface area contributed by atoms with Crippen LogP contribution >= 0.6 is 11.3 Å². The van der Waals surface area contributed by atoms with Gasteiger partial charge < -0.3 is 10.4 Å². The van der Waals surface area contributed by atoms with Gasteiger partial charge in [0.05, 0.1) is 11.8 Å². The number of amides is 1. The van der Waals surface area contributed by atoms with E-state index >= 15 is 0 Å². The summed E-state index contributed by atoms with van der Waals surface area (Å²) in [5, 5.41) is 13.4. The number of hydrogen-bond donors (Lipinski definition) is 2. The molecule has 124 valence electrons. The molecule has 0 aliphatic rings. The fourth-order valence-corrected chi connectivity index (χ4v) is 3.57. The summed E-state index contributed by atoms with van der Waals surface area (Å²) in [5.74, 6) is -0.0964. The van der Waals surface area contributed by atoms with E-state index < -0.39 is 0 Å². The molecule has 1 aromatic heterocycles. The summed E-state index contributed by atoms with van der Waals surface area (Å²) < 4.78 is 0. The van der Waals surface area contributed by atoms with Gasteiger partial charge in [0.25, 0.3) is 5.91 Å². The van der Waals surface area contributed by atoms with Crippen molar-refractivity contribution in [3.8, 4) is 10.6 Å². The third-order valence-corrected chi connectivity index (χ3v) is 4.80. The summed E-state index contributed by atoms with van der Waals surface area (Å²) in [6, 6.07) is 9.87. The van der Waals surface area contributed by atoms with Crippen molar-refractivity contribution in [2.24, 2.45) is 5.41 Å². The molecular weight excluding hydrogens is 308 g/mol. The van der Waals surface area contributed by atoms with Gasteiger partial charge in [0.2, 0.25) is 0 Å². The van der Waals surface area contributed by atoms with Crippen LogP contribution in [0.1, 0.15) is 42.6 Å². The van der Waals surface area contributed by atoms with Crippen LogP contribution in [0.15, 0.2) is 30.3 Å². The number of aromatic nitrogens is 1. The predicted molar refractivity (Wildman–Crippen MR) is 94.7 cm³/mol. The van der Waals surface area contributed by atoms with Crippen molar-refractivity contribution in [3.63, 3.8) is 0 Å². The number of carbonyl (C=O) groups excluding carboxylic acids is 1. The average molecular weight is 332 g/mol. The zero-order valence-corrected chi connectivity index (χ0v) is 14.9. The first-order valence-corrected chi connectivity index (χ1v) is 8.59. The Hall–Kier alpha value is -1.72. The van der Waals surface area contributed by atoms with E-state index in [0.717, 1.165) is 16.3 Å². The van der Waals surface area contributed by atoms with Crippen LogP contribution in [0, 0.1) is 12.3 Å². The summed E-state index contributed by atoms with van der Waals surface area (Å²) in [7, 11) is 0. The minimum absolute atomic E-state index is 0.0964. The largest absolute Gasteiger partial charge is 0.393 e. The lowest BCUT2D eigenvalue weighted by Crippen LogP contribution is -2.35. The smallest absolute Gasteiger partial charge is 0.263 e. The SMILES string of the molecule is Cc1nc(-c2ccccc2)sc1C(=O)NCC(C)(C)CC(C)O. The number of nitrogens with zero attached hydrogens (tertiary/aromatic N) is 1. The fraction of sp³-hybridized carbons (Fsp3) is 0.444. The van der Waals surface area contributed by atoms with E-state index in [1.165, 1.54) is 11.3 Å². The topological polar surface area (TPSA) is 62.2 Å². The molecule has 4 nitrogen and oxygen atoms in total. The maximum atomic E-state index is 12.4. The van der Waals surface area contributed by atoms with Crippen molar-refractivity contribution in [2.45, 2.75) is 40.2 Å². The Labute approximate surface area is 141 Å². The molecule has 1 atom stereocenters. The maximum Gasteiger partial charge on any atom is 0.263 e. The van der Waals surface area contributed by atoms with E-state index in [1.807, 2.05) is 51.1 Å².